The average molecular weight is 382 g/mol. The number of alkyl halides is 1. The lowest BCUT2D eigenvalue weighted by Gasteiger charge is -2.48. The molecule has 0 N–H and O–H groups in total. The fourth-order valence-electron chi connectivity index (χ4n) is 5.16. The molecule has 2 fully saturated rings. The van der Waals surface area contributed by atoms with Crippen molar-refractivity contribution in [3.63, 3.8) is 0 Å². The van der Waals surface area contributed by atoms with Crippen LogP contribution in [-0.2, 0) is 10.3 Å². The summed E-state index contributed by atoms with van der Waals surface area (Å²) in [6.45, 7) is 6.74. The van der Waals surface area contributed by atoms with Crippen molar-refractivity contribution in [1.29, 1.82) is 0 Å². The number of likely N-dealkylation sites (tertiary alicyclic amines) is 1. The SMILES string of the molecule is CC(C)CN1c2cccnc2-n2cccc2C12CCN(C(=O)C1CC(F)C1)C2. The van der Waals surface area contributed by atoms with Gasteiger partial charge in [-0.2, -0.15) is 0 Å². The summed E-state index contributed by atoms with van der Waals surface area (Å²) in [5.41, 5.74) is 2.08. The Morgan fingerprint density at radius 3 is 2.89 bits per heavy atom. The molecule has 28 heavy (non-hydrogen) atoms. The maximum Gasteiger partial charge on any atom is 0.225 e. The van der Waals surface area contributed by atoms with E-state index in [9.17, 15) is 9.18 Å². The van der Waals surface area contributed by atoms with Gasteiger partial charge in [0.1, 0.15) is 11.7 Å². The normalized spacial score (nSPS) is 28.4. The monoisotopic (exact) mass is 382 g/mol. The van der Waals surface area contributed by atoms with Gasteiger partial charge in [0.2, 0.25) is 5.91 Å². The molecule has 6 heteroatoms. The number of fused-ring (bicyclic) bond motifs is 4. The van der Waals surface area contributed by atoms with Crippen LogP contribution in [0, 0.1) is 11.8 Å². The molecule has 1 saturated carbocycles. The van der Waals surface area contributed by atoms with Crippen molar-refractivity contribution in [1.82, 2.24) is 14.5 Å². The zero-order valence-corrected chi connectivity index (χ0v) is 16.5. The zero-order chi connectivity index (χ0) is 19.5. The third kappa shape index (κ3) is 2.50. The second kappa shape index (κ2) is 6.33. The first kappa shape index (κ1) is 17.7. The highest BCUT2D eigenvalue weighted by Crippen LogP contribution is 2.48. The molecule has 1 atom stereocenters. The summed E-state index contributed by atoms with van der Waals surface area (Å²) in [7, 11) is 0. The van der Waals surface area contributed by atoms with Crippen molar-refractivity contribution in [2.45, 2.75) is 44.8 Å². The van der Waals surface area contributed by atoms with Gasteiger partial charge in [0.15, 0.2) is 5.82 Å². The minimum absolute atomic E-state index is 0.130. The number of carbonyl (C=O) groups is 1. The molecule has 5 nitrogen and oxygen atoms in total. The Hall–Kier alpha value is -2.37. The molecule has 2 aliphatic heterocycles. The molecular weight excluding hydrogens is 355 g/mol. The van der Waals surface area contributed by atoms with Crippen LogP contribution in [-0.4, -0.2) is 46.2 Å². The average Bonchev–Trinajstić information content (AvgIpc) is 3.30. The third-order valence-corrected chi connectivity index (χ3v) is 6.56. The second-order valence-corrected chi connectivity index (χ2v) is 8.92. The fourth-order valence-corrected chi connectivity index (χ4v) is 5.16. The van der Waals surface area contributed by atoms with Gasteiger partial charge in [-0.25, -0.2) is 9.37 Å². The van der Waals surface area contributed by atoms with Crippen molar-refractivity contribution in [2.75, 3.05) is 24.5 Å². The van der Waals surface area contributed by atoms with Crippen molar-refractivity contribution < 1.29 is 9.18 Å². The summed E-state index contributed by atoms with van der Waals surface area (Å²) in [6.07, 6.45) is 4.77. The molecule has 148 valence electrons. The number of aromatic nitrogens is 2. The number of amides is 1. The van der Waals surface area contributed by atoms with Crippen LogP contribution in [0.15, 0.2) is 36.7 Å². The Bertz CT molecular complexity index is 903. The highest BCUT2D eigenvalue weighted by Gasteiger charge is 2.52. The molecule has 0 bridgehead atoms. The molecule has 4 heterocycles. The largest absolute Gasteiger partial charge is 0.355 e. The highest BCUT2D eigenvalue weighted by molar-refractivity contribution is 5.81. The lowest BCUT2D eigenvalue weighted by molar-refractivity contribution is -0.139. The van der Waals surface area contributed by atoms with E-state index in [0.717, 1.165) is 31.0 Å². The molecule has 1 unspecified atom stereocenters. The first-order valence-electron chi connectivity index (χ1n) is 10.3. The zero-order valence-electron chi connectivity index (χ0n) is 16.5. The first-order chi connectivity index (χ1) is 13.5. The summed E-state index contributed by atoms with van der Waals surface area (Å²) in [5, 5.41) is 0. The van der Waals surface area contributed by atoms with Crippen LogP contribution in [0.25, 0.3) is 5.82 Å². The summed E-state index contributed by atoms with van der Waals surface area (Å²) >= 11 is 0. The van der Waals surface area contributed by atoms with E-state index in [0.29, 0.717) is 25.3 Å². The quantitative estimate of drug-likeness (QED) is 0.816. The predicted octanol–water partition coefficient (Wildman–Crippen LogP) is 3.52. The highest BCUT2D eigenvalue weighted by atomic mass is 19.1. The Morgan fingerprint density at radius 1 is 1.32 bits per heavy atom. The van der Waals surface area contributed by atoms with Crippen molar-refractivity contribution in [3.05, 3.63) is 42.4 Å². The minimum Gasteiger partial charge on any atom is -0.355 e. The Balaban J connectivity index is 1.55. The van der Waals surface area contributed by atoms with Crippen LogP contribution < -0.4 is 4.90 Å². The van der Waals surface area contributed by atoms with Crippen LogP contribution in [0.4, 0.5) is 10.1 Å². The van der Waals surface area contributed by atoms with Crippen LogP contribution in [0.1, 0.15) is 38.8 Å². The molecular formula is C22H27FN4O. The topological polar surface area (TPSA) is 41.4 Å². The molecule has 3 aliphatic rings. The van der Waals surface area contributed by atoms with Gasteiger partial charge >= 0.3 is 0 Å². The molecule has 1 amide bonds. The van der Waals surface area contributed by atoms with E-state index in [1.54, 1.807) is 0 Å². The lowest BCUT2D eigenvalue weighted by atomic mass is 9.82. The first-order valence-corrected chi connectivity index (χ1v) is 10.3. The van der Waals surface area contributed by atoms with E-state index >= 15 is 0 Å². The molecule has 0 radical (unpaired) electrons. The molecule has 2 aromatic heterocycles. The molecule has 1 saturated heterocycles. The second-order valence-electron chi connectivity index (χ2n) is 8.92. The van der Waals surface area contributed by atoms with Gasteiger partial charge in [0.25, 0.3) is 0 Å². The third-order valence-electron chi connectivity index (χ3n) is 6.56. The van der Waals surface area contributed by atoms with E-state index in [2.05, 4.69) is 52.7 Å². The van der Waals surface area contributed by atoms with Crippen LogP contribution in [0.5, 0.6) is 0 Å². The number of nitrogens with zero attached hydrogens (tertiary/aromatic N) is 4. The molecule has 5 rings (SSSR count). The van der Waals surface area contributed by atoms with Gasteiger partial charge in [-0.1, -0.05) is 13.8 Å². The summed E-state index contributed by atoms with van der Waals surface area (Å²) < 4.78 is 15.5. The maximum absolute atomic E-state index is 13.3. The van der Waals surface area contributed by atoms with E-state index in [-0.39, 0.29) is 17.4 Å². The Kier molecular flexibility index (Phi) is 4.00. The number of hydrogen-bond donors (Lipinski definition) is 0. The van der Waals surface area contributed by atoms with Crippen molar-refractivity contribution in [2.24, 2.45) is 11.8 Å². The van der Waals surface area contributed by atoms with Gasteiger partial charge < -0.3 is 14.4 Å². The molecule has 1 aliphatic carbocycles. The summed E-state index contributed by atoms with van der Waals surface area (Å²) in [6, 6.07) is 8.36. The van der Waals surface area contributed by atoms with E-state index < -0.39 is 6.17 Å². The smallest absolute Gasteiger partial charge is 0.225 e. The van der Waals surface area contributed by atoms with E-state index in [1.807, 2.05) is 17.2 Å². The van der Waals surface area contributed by atoms with Gasteiger partial charge in [-0.15, -0.1) is 0 Å². The van der Waals surface area contributed by atoms with Crippen LogP contribution in [0.3, 0.4) is 0 Å². The fraction of sp³-hybridized carbons (Fsp3) is 0.545. The lowest BCUT2D eigenvalue weighted by Crippen LogP contribution is -2.54. The van der Waals surface area contributed by atoms with Crippen LogP contribution in [0.2, 0.25) is 0 Å². The van der Waals surface area contributed by atoms with Gasteiger partial charge in [0, 0.05) is 37.9 Å². The van der Waals surface area contributed by atoms with Crippen LogP contribution >= 0.6 is 0 Å². The van der Waals surface area contributed by atoms with Crippen molar-refractivity contribution >= 4 is 11.6 Å². The molecule has 2 aromatic rings. The van der Waals surface area contributed by atoms with Crippen molar-refractivity contribution in [3.8, 4) is 5.82 Å². The summed E-state index contributed by atoms with van der Waals surface area (Å²) in [4.78, 5) is 22.1. The number of pyridine rings is 1. The maximum atomic E-state index is 13.3. The van der Waals surface area contributed by atoms with Gasteiger partial charge in [-0.3, -0.25) is 4.79 Å². The minimum atomic E-state index is -0.798. The number of anilines is 1. The van der Waals surface area contributed by atoms with E-state index in [4.69, 9.17) is 0 Å². The molecule has 1 spiro atoms. The van der Waals surface area contributed by atoms with E-state index in [1.165, 1.54) is 5.69 Å². The number of hydrogen-bond acceptors (Lipinski definition) is 3. The Morgan fingerprint density at radius 2 is 2.14 bits per heavy atom. The Labute approximate surface area is 165 Å². The molecule has 0 aromatic carbocycles. The number of rotatable bonds is 3. The predicted molar refractivity (Wildman–Crippen MR) is 106 cm³/mol. The van der Waals surface area contributed by atoms with Gasteiger partial charge in [-0.05, 0) is 49.4 Å². The number of halogens is 1. The van der Waals surface area contributed by atoms with Gasteiger partial charge in [0.05, 0.1) is 11.4 Å². The number of carbonyl (C=O) groups excluding carboxylic acids is 1. The summed E-state index contributed by atoms with van der Waals surface area (Å²) in [5.74, 6) is 1.44. The standard InChI is InChI=1S/C22H27FN4O/c1-15(2)13-27-18-5-3-8-24-20(18)26-9-4-6-19(26)22(27)7-10-25(14-22)21(28)16-11-17(23)12-16/h3-6,8-9,15-17H,7,10-14H2,1-2H3.